The van der Waals surface area contributed by atoms with Crippen molar-refractivity contribution in [3.63, 3.8) is 0 Å². The van der Waals surface area contributed by atoms with Crippen molar-refractivity contribution >= 4 is 58.4 Å². The highest BCUT2D eigenvalue weighted by Gasteiger charge is 2.54. The summed E-state index contributed by atoms with van der Waals surface area (Å²) in [7, 11) is 1.68. The number of thioether (sulfide) groups is 2. The number of nitrogens with one attached hydrogen (secondary N) is 1. The third kappa shape index (κ3) is 5.62. The number of fused-ring (bicyclic) bond motifs is 1. The zero-order valence-corrected chi connectivity index (χ0v) is 22.7. The van der Waals surface area contributed by atoms with Gasteiger partial charge in [-0.25, -0.2) is 9.48 Å². The van der Waals surface area contributed by atoms with Gasteiger partial charge in [0.2, 0.25) is 5.16 Å². The molecule has 0 saturated carbocycles. The van der Waals surface area contributed by atoms with Crippen LogP contribution in [0.2, 0.25) is 0 Å². The summed E-state index contributed by atoms with van der Waals surface area (Å²) in [5.74, 6) is -1.77. The first-order valence-electron chi connectivity index (χ1n) is 11.4. The van der Waals surface area contributed by atoms with E-state index in [-0.39, 0.29) is 29.5 Å². The van der Waals surface area contributed by atoms with Crippen molar-refractivity contribution in [1.29, 1.82) is 0 Å². The van der Waals surface area contributed by atoms with E-state index in [1.54, 1.807) is 7.05 Å². The number of hydrogen-bond acceptors (Lipinski definition) is 12. The maximum Gasteiger partial charge on any atom is 0.352 e. The first kappa shape index (κ1) is 26.7. The molecule has 2 amide bonds. The van der Waals surface area contributed by atoms with Crippen LogP contribution in [-0.2, 0) is 32.9 Å². The van der Waals surface area contributed by atoms with Crippen molar-refractivity contribution in [3.8, 4) is 5.75 Å². The smallest absolute Gasteiger partial charge is 0.352 e. The highest BCUT2D eigenvalue weighted by atomic mass is 32.2. The number of amides is 2. The Balaban J connectivity index is 1.31. The molecule has 202 valence electrons. The fourth-order valence-electron chi connectivity index (χ4n) is 3.90. The van der Waals surface area contributed by atoms with Crippen molar-refractivity contribution in [3.05, 3.63) is 63.5 Å². The van der Waals surface area contributed by atoms with E-state index in [9.17, 15) is 24.6 Å². The molecule has 0 spiro atoms. The number of tetrazole rings is 1. The monoisotopic (exact) mass is 587 g/mol. The zero-order valence-electron chi connectivity index (χ0n) is 20.3. The minimum absolute atomic E-state index is 0.0128. The fourth-order valence-corrected chi connectivity index (χ4v) is 6.84. The van der Waals surface area contributed by atoms with Crippen LogP contribution < -0.4 is 5.32 Å². The molecule has 39 heavy (non-hydrogen) atoms. The quantitative estimate of drug-likeness (QED) is 0.136. The molecule has 1 aromatic carbocycles. The molecule has 1 saturated heterocycles. The maximum absolute atomic E-state index is 13.3. The molecule has 2 atom stereocenters. The van der Waals surface area contributed by atoms with Crippen LogP contribution in [0.3, 0.4) is 0 Å². The van der Waals surface area contributed by atoms with E-state index in [4.69, 9.17) is 4.84 Å². The van der Waals surface area contributed by atoms with Crippen LogP contribution >= 0.6 is 34.9 Å². The van der Waals surface area contributed by atoms with Gasteiger partial charge in [0.15, 0.2) is 12.3 Å². The second-order valence-electron chi connectivity index (χ2n) is 8.33. The Labute approximate surface area is 233 Å². The lowest BCUT2D eigenvalue weighted by Gasteiger charge is -2.49. The largest absolute Gasteiger partial charge is 0.508 e. The van der Waals surface area contributed by atoms with E-state index in [1.807, 2.05) is 17.5 Å². The number of phenolic OH excluding ortho intramolecular Hbond substituents is 1. The zero-order chi connectivity index (χ0) is 27.5. The summed E-state index contributed by atoms with van der Waals surface area (Å²) < 4.78 is 1.47. The number of aliphatic carboxylic acids is 1. The van der Waals surface area contributed by atoms with E-state index in [0.29, 0.717) is 22.0 Å². The minimum atomic E-state index is -1.22. The van der Waals surface area contributed by atoms with Crippen LogP contribution in [0.4, 0.5) is 0 Å². The molecule has 1 fully saturated rings. The van der Waals surface area contributed by atoms with Crippen LogP contribution in [0, 0.1) is 0 Å². The number of aryl methyl sites for hydroxylation is 1. The normalized spacial score (nSPS) is 18.9. The molecule has 2 aliphatic rings. The number of carboxylic acid groups (broad SMARTS) is 1. The number of β-lactam (4-membered cyclic amide) rings is 1. The standard InChI is InChI=1S/C23H21N7O6S3/c1-29-23(25-27-28-29)39-11-13-10-38-21-17(20(33)30(21)18(13)22(34)35)24-19(32)16(12-4-6-14(31)7-5-12)26-36-9-15-3-2-8-37-15/h2-8,17,21,31H,9-11H2,1H3,(H,24,32)(H,34,35)/t17?,21-/m1/s1. The van der Waals surface area contributed by atoms with E-state index >= 15 is 0 Å². The Morgan fingerprint density at radius 3 is 2.74 bits per heavy atom. The summed E-state index contributed by atoms with van der Waals surface area (Å²) in [6.07, 6.45) is 0. The van der Waals surface area contributed by atoms with Gasteiger partial charge >= 0.3 is 5.97 Å². The number of nitrogens with zero attached hydrogens (tertiary/aromatic N) is 6. The highest BCUT2D eigenvalue weighted by molar-refractivity contribution is 8.01. The number of carbonyl (C=O) groups excluding carboxylic acids is 2. The van der Waals surface area contributed by atoms with Crippen molar-refractivity contribution in [1.82, 2.24) is 30.4 Å². The summed E-state index contributed by atoms with van der Waals surface area (Å²) >= 11 is 4.10. The lowest BCUT2D eigenvalue weighted by Crippen LogP contribution is -2.71. The maximum atomic E-state index is 13.3. The minimum Gasteiger partial charge on any atom is -0.508 e. The van der Waals surface area contributed by atoms with Crippen molar-refractivity contribution < 1.29 is 29.4 Å². The van der Waals surface area contributed by atoms with E-state index < -0.39 is 29.2 Å². The van der Waals surface area contributed by atoms with E-state index in [1.165, 1.54) is 68.7 Å². The summed E-state index contributed by atoms with van der Waals surface area (Å²) in [4.78, 5) is 46.0. The number of aromatic nitrogens is 4. The number of thiophene rings is 1. The van der Waals surface area contributed by atoms with Gasteiger partial charge in [-0.05, 0) is 51.7 Å². The van der Waals surface area contributed by atoms with Gasteiger partial charge < -0.3 is 20.4 Å². The van der Waals surface area contributed by atoms with Gasteiger partial charge in [-0.2, -0.15) is 0 Å². The molecular formula is C23H21N7O6S3. The Morgan fingerprint density at radius 2 is 2.08 bits per heavy atom. The Bertz CT molecular complexity index is 1450. The number of carboxylic acids is 1. The second kappa shape index (κ2) is 11.5. The molecular weight excluding hydrogens is 566 g/mol. The molecule has 3 N–H and O–H groups in total. The SMILES string of the molecule is Cn1nnnc1SCC1=C(C(=O)O)N2C(=O)C(NC(=O)C(=NOCc3cccs3)c3ccc(O)cc3)[C@H]2SC1. The first-order valence-corrected chi connectivity index (χ1v) is 14.3. The van der Waals surface area contributed by atoms with Crippen LogP contribution in [0.15, 0.2) is 63.4 Å². The molecule has 5 rings (SSSR count). The number of hydrogen-bond donors (Lipinski definition) is 3. The predicted molar refractivity (Wildman–Crippen MR) is 143 cm³/mol. The number of rotatable bonds is 10. The molecule has 13 nitrogen and oxygen atoms in total. The van der Waals surface area contributed by atoms with E-state index in [2.05, 4.69) is 26.0 Å². The Morgan fingerprint density at radius 1 is 1.28 bits per heavy atom. The van der Waals surface area contributed by atoms with Gasteiger partial charge in [-0.3, -0.25) is 14.5 Å². The van der Waals surface area contributed by atoms with Gasteiger partial charge in [-0.1, -0.05) is 23.0 Å². The second-order valence-corrected chi connectivity index (χ2v) is 11.4. The molecule has 4 heterocycles. The highest BCUT2D eigenvalue weighted by Crippen LogP contribution is 2.41. The molecule has 2 aliphatic heterocycles. The number of carbonyl (C=O) groups is 3. The number of phenols is 1. The molecule has 0 aliphatic carbocycles. The molecule has 1 unspecified atom stereocenters. The Hall–Kier alpha value is -3.89. The molecule has 0 bridgehead atoms. The van der Waals surface area contributed by atoms with Crippen LogP contribution in [0.5, 0.6) is 5.75 Å². The summed E-state index contributed by atoms with van der Waals surface area (Å²) in [6, 6.07) is 8.62. The molecule has 3 aromatic rings. The van der Waals surface area contributed by atoms with Gasteiger partial charge in [0.1, 0.15) is 22.9 Å². The average molecular weight is 588 g/mol. The molecule has 2 aromatic heterocycles. The fraction of sp³-hybridized carbons (Fsp3) is 0.261. The van der Waals surface area contributed by atoms with Gasteiger partial charge in [0.25, 0.3) is 11.8 Å². The lowest BCUT2D eigenvalue weighted by molar-refractivity contribution is -0.150. The summed E-state index contributed by atoms with van der Waals surface area (Å²) in [6.45, 7) is 0.152. The molecule has 16 heteroatoms. The third-order valence-corrected chi connectivity index (χ3v) is 9.08. The van der Waals surface area contributed by atoms with Crippen LogP contribution in [-0.4, -0.2) is 81.7 Å². The summed E-state index contributed by atoms with van der Waals surface area (Å²) in [5.41, 5.74) is 0.758. The van der Waals surface area contributed by atoms with Crippen LogP contribution in [0.1, 0.15) is 10.4 Å². The average Bonchev–Trinajstić information content (AvgIpc) is 3.60. The third-order valence-electron chi connectivity index (χ3n) is 5.79. The number of oxime groups is 1. The van der Waals surface area contributed by atoms with Gasteiger partial charge in [0, 0.05) is 29.0 Å². The lowest BCUT2D eigenvalue weighted by atomic mass is 10.0. The molecule has 0 radical (unpaired) electrons. The topological polar surface area (TPSA) is 172 Å². The van der Waals surface area contributed by atoms with Gasteiger partial charge in [0.05, 0.1) is 0 Å². The van der Waals surface area contributed by atoms with Crippen LogP contribution in [0.25, 0.3) is 0 Å². The van der Waals surface area contributed by atoms with Crippen molar-refractivity contribution in [2.45, 2.75) is 23.2 Å². The first-order chi connectivity index (χ1) is 18.8. The number of aromatic hydroxyl groups is 1. The van der Waals surface area contributed by atoms with Gasteiger partial charge in [-0.15, -0.1) is 28.2 Å². The van der Waals surface area contributed by atoms with E-state index in [0.717, 1.165) is 4.88 Å². The number of benzene rings is 1. The predicted octanol–water partition coefficient (Wildman–Crippen LogP) is 1.43. The Kier molecular flexibility index (Phi) is 7.85. The summed E-state index contributed by atoms with van der Waals surface area (Å²) in [5, 5.41) is 39.3. The van der Waals surface area contributed by atoms with Crippen molar-refractivity contribution in [2.24, 2.45) is 12.2 Å². The van der Waals surface area contributed by atoms with Crippen molar-refractivity contribution in [2.75, 3.05) is 11.5 Å².